The van der Waals surface area contributed by atoms with Gasteiger partial charge < -0.3 is 10.1 Å². The lowest BCUT2D eigenvalue weighted by molar-refractivity contribution is -0.112. The Labute approximate surface area is 195 Å². The van der Waals surface area contributed by atoms with Crippen LogP contribution in [0.25, 0.3) is 6.08 Å². The van der Waals surface area contributed by atoms with Crippen LogP contribution in [0.4, 0.5) is 5.69 Å². The molecule has 0 aromatic heterocycles. The van der Waals surface area contributed by atoms with E-state index in [-0.39, 0.29) is 12.2 Å². The van der Waals surface area contributed by atoms with Crippen LogP contribution in [0.2, 0.25) is 15.1 Å². The zero-order valence-corrected chi connectivity index (χ0v) is 18.7. The van der Waals surface area contributed by atoms with Gasteiger partial charge in [-0.3, -0.25) is 4.79 Å². The summed E-state index contributed by atoms with van der Waals surface area (Å²) in [6, 6.07) is 19.4. The number of nitrogens with one attached hydrogen (secondary N) is 1. The molecule has 0 unspecified atom stereocenters. The number of para-hydroxylation sites is 1. The van der Waals surface area contributed by atoms with Gasteiger partial charge in [-0.1, -0.05) is 65.1 Å². The van der Waals surface area contributed by atoms with Crippen molar-refractivity contribution in [2.45, 2.75) is 13.5 Å². The molecule has 3 aromatic carbocycles. The van der Waals surface area contributed by atoms with Crippen molar-refractivity contribution in [3.63, 3.8) is 0 Å². The molecule has 3 aromatic rings. The van der Waals surface area contributed by atoms with Gasteiger partial charge in [-0.15, -0.1) is 0 Å². The third-order valence-electron chi connectivity index (χ3n) is 4.43. The molecule has 0 fully saturated rings. The Bertz CT molecular complexity index is 1160. The topological polar surface area (TPSA) is 62.1 Å². The Morgan fingerprint density at radius 3 is 2.45 bits per heavy atom. The molecule has 4 nitrogen and oxygen atoms in total. The summed E-state index contributed by atoms with van der Waals surface area (Å²) in [5.41, 5.74) is 2.74. The largest absolute Gasteiger partial charge is 0.489 e. The lowest BCUT2D eigenvalue weighted by Crippen LogP contribution is -2.14. The van der Waals surface area contributed by atoms with Crippen molar-refractivity contribution in [3.8, 4) is 11.8 Å². The molecule has 1 amide bonds. The number of hydrogen-bond donors (Lipinski definition) is 1. The Balaban J connectivity index is 1.69. The average Bonchev–Trinajstić information content (AvgIpc) is 2.75. The van der Waals surface area contributed by atoms with E-state index in [0.717, 1.165) is 11.1 Å². The smallest absolute Gasteiger partial charge is 0.266 e. The van der Waals surface area contributed by atoms with Gasteiger partial charge in [0.25, 0.3) is 5.91 Å². The lowest BCUT2D eigenvalue weighted by Gasteiger charge is -2.10. The first kappa shape index (κ1) is 22.7. The molecule has 0 bridgehead atoms. The minimum Gasteiger partial charge on any atom is -0.489 e. The first-order valence-corrected chi connectivity index (χ1v) is 10.4. The molecule has 0 aliphatic rings. The van der Waals surface area contributed by atoms with Crippen molar-refractivity contribution in [2.24, 2.45) is 0 Å². The number of nitriles is 1. The van der Waals surface area contributed by atoms with E-state index < -0.39 is 5.91 Å². The number of benzene rings is 3. The molecule has 31 heavy (non-hydrogen) atoms. The van der Waals surface area contributed by atoms with E-state index in [1.165, 1.54) is 6.08 Å². The zero-order chi connectivity index (χ0) is 22.4. The first-order chi connectivity index (χ1) is 14.9. The molecular formula is C24H17Cl3N2O2. The van der Waals surface area contributed by atoms with Crippen molar-refractivity contribution in [3.05, 3.63) is 98.0 Å². The quantitative estimate of drug-likeness (QED) is 0.308. The molecular weight excluding hydrogens is 455 g/mol. The molecule has 0 heterocycles. The fourth-order valence-electron chi connectivity index (χ4n) is 2.75. The van der Waals surface area contributed by atoms with Gasteiger partial charge in [0.15, 0.2) is 0 Å². The van der Waals surface area contributed by atoms with Crippen LogP contribution in [0.5, 0.6) is 5.75 Å². The van der Waals surface area contributed by atoms with Gasteiger partial charge >= 0.3 is 0 Å². The molecule has 0 aliphatic carbocycles. The second kappa shape index (κ2) is 10.4. The normalized spacial score (nSPS) is 11.0. The van der Waals surface area contributed by atoms with Crippen LogP contribution in [-0.2, 0) is 11.4 Å². The van der Waals surface area contributed by atoms with Crippen molar-refractivity contribution >= 4 is 52.5 Å². The summed E-state index contributed by atoms with van der Waals surface area (Å²) in [5.74, 6) is 0.0919. The second-order valence-electron chi connectivity index (χ2n) is 6.65. The maximum Gasteiger partial charge on any atom is 0.266 e. The molecule has 0 saturated carbocycles. The maximum atomic E-state index is 12.5. The van der Waals surface area contributed by atoms with Crippen LogP contribution in [-0.4, -0.2) is 5.91 Å². The number of rotatable bonds is 6. The number of halogens is 3. The van der Waals surface area contributed by atoms with E-state index in [2.05, 4.69) is 5.32 Å². The monoisotopic (exact) mass is 470 g/mol. The molecule has 0 aliphatic heterocycles. The summed E-state index contributed by atoms with van der Waals surface area (Å²) in [7, 11) is 0. The molecule has 3 rings (SSSR count). The van der Waals surface area contributed by atoms with Crippen LogP contribution in [0.15, 0.2) is 66.2 Å². The van der Waals surface area contributed by atoms with Gasteiger partial charge in [-0.25, -0.2) is 0 Å². The molecule has 0 radical (unpaired) electrons. The highest BCUT2D eigenvalue weighted by atomic mass is 35.5. The van der Waals surface area contributed by atoms with Crippen LogP contribution in [0.1, 0.15) is 16.7 Å². The second-order valence-corrected chi connectivity index (χ2v) is 7.90. The number of hydrogen-bond acceptors (Lipinski definition) is 3. The molecule has 7 heteroatoms. The van der Waals surface area contributed by atoms with E-state index in [4.69, 9.17) is 39.5 Å². The van der Waals surface area contributed by atoms with E-state index >= 15 is 0 Å². The Hall–Kier alpha value is -2.97. The SMILES string of the molecule is Cc1cccc(Cl)c1NC(=O)/C(C#N)=C/c1ccc(OCc2ccc(Cl)cc2Cl)cc1. The van der Waals surface area contributed by atoms with Gasteiger partial charge in [-0.05, 0) is 54.5 Å². The number of ether oxygens (including phenoxy) is 1. The van der Waals surface area contributed by atoms with Gasteiger partial charge in [0.05, 0.1) is 10.7 Å². The van der Waals surface area contributed by atoms with Crippen molar-refractivity contribution in [2.75, 3.05) is 5.32 Å². The third-order valence-corrected chi connectivity index (χ3v) is 5.33. The van der Waals surface area contributed by atoms with Gasteiger partial charge in [0.1, 0.15) is 24.0 Å². The number of anilines is 1. The molecule has 0 atom stereocenters. The Morgan fingerprint density at radius 2 is 1.81 bits per heavy atom. The van der Waals surface area contributed by atoms with Crippen molar-refractivity contribution < 1.29 is 9.53 Å². The number of carbonyl (C=O) groups excluding carboxylic acids is 1. The highest BCUT2D eigenvalue weighted by molar-refractivity contribution is 6.35. The van der Waals surface area contributed by atoms with Gasteiger partial charge in [-0.2, -0.15) is 5.26 Å². The van der Waals surface area contributed by atoms with Crippen LogP contribution in [0.3, 0.4) is 0 Å². The third kappa shape index (κ3) is 6.02. The fraction of sp³-hybridized carbons (Fsp3) is 0.0833. The minimum absolute atomic E-state index is 0.0408. The predicted octanol–water partition coefficient (Wildman–Crippen LogP) is 7.08. The zero-order valence-electron chi connectivity index (χ0n) is 16.5. The Morgan fingerprint density at radius 1 is 1.06 bits per heavy atom. The summed E-state index contributed by atoms with van der Waals surface area (Å²) < 4.78 is 5.74. The summed E-state index contributed by atoms with van der Waals surface area (Å²) in [6.07, 6.45) is 1.50. The van der Waals surface area contributed by atoms with E-state index in [0.29, 0.717) is 32.1 Å². The highest BCUT2D eigenvalue weighted by Crippen LogP contribution is 2.26. The molecule has 156 valence electrons. The number of amides is 1. The van der Waals surface area contributed by atoms with Crippen LogP contribution in [0, 0.1) is 18.3 Å². The summed E-state index contributed by atoms with van der Waals surface area (Å²) >= 11 is 18.2. The van der Waals surface area contributed by atoms with E-state index in [9.17, 15) is 10.1 Å². The lowest BCUT2D eigenvalue weighted by atomic mass is 10.1. The minimum atomic E-state index is -0.531. The first-order valence-electron chi connectivity index (χ1n) is 9.22. The summed E-state index contributed by atoms with van der Waals surface area (Å²) in [5, 5.41) is 13.6. The fourth-order valence-corrected chi connectivity index (χ4v) is 3.48. The summed E-state index contributed by atoms with van der Waals surface area (Å²) in [6.45, 7) is 2.11. The molecule has 1 N–H and O–H groups in total. The Kier molecular flexibility index (Phi) is 7.59. The van der Waals surface area contributed by atoms with Crippen molar-refractivity contribution in [1.82, 2.24) is 0 Å². The maximum absolute atomic E-state index is 12.5. The number of nitrogens with zero attached hydrogens (tertiary/aromatic N) is 1. The summed E-state index contributed by atoms with van der Waals surface area (Å²) in [4.78, 5) is 12.5. The highest BCUT2D eigenvalue weighted by Gasteiger charge is 2.13. The number of carbonyl (C=O) groups is 1. The van der Waals surface area contributed by atoms with E-state index in [1.54, 1.807) is 54.6 Å². The van der Waals surface area contributed by atoms with Gasteiger partial charge in [0, 0.05) is 15.6 Å². The molecule has 0 saturated heterocycles. The van der Waals surface area contributed by atoms with Crippen LogP contribution >= 0.6 is 34.8 Å². The molecule has 0 spiro atoms. The van der Waals surface area contributed by atoms with E-state index in [1.807, 2.05) is 19.1 Å². The number of aryl methyl sites for hydroxylation is 1. The van der Waals surface area contributed by atoms with Crippen molar-refractivity contribution in [1.29, 1.82) is 5.26 Å². The standard InChI is InChI=1S/C24H17Cl3N2O2/c1-15-3-2-4-21(26)23(15)29-24(30)18(13-28)11-16-5-9-20(10-6-16)31-14-17-7-8-19(25)12-22(17)27/h2-12H,14H2,1H3,(H,29,30)/b18-11+. The van der Waals surface area contributed by atoms with Crippen LogP contribution < -0.4 is 10.1 Å². The average molecular weight is 472 g/mol. The van der Waals surface area contributed by atoms with Gasteiger partial charge in [0.2, 0.25) is 0 Å². The predicted molar refractivity (Wildman–Crippen MR) is 126 cm³/mol.